The zero-order valence-corrected chi connectivity index (χ0v) is 9.43. The number of thioether (sulfide) groups is 1. The first-order chi connectivity index (χ1) is 7.00. The van der Waals surface area contributed by atoms with Gasteiger partial charge in [-0.1, -0.05) is 11.6 Å². The maximum atomic E-state index is 11.3. The molecular formula is C11H12O3S. The molecule has 0 aromatic heterocycles. The van der Waals surface area contributed by atoms with Gasteiger partial charge in [-0.05, 0) is 26.0 Å². The van der Waals surface area contributed by atoms with Crippen LogP contribution in [-0.2, 0) is 4.79 Å². The molecule has 0 atom stereocenters. The molecule has 0 unspecified atom stereocenters. The van der Waals surface area contributed by atoms with Gasteiger partial charge in [0.05, 0.1) is 5.75 Å². The molecule has 15 heavy (non-hydrogen) atoms. The van der Waals surface area contributed by atoms with E-state index in [9.17, 15) is 9.59 Å². The number of Topliss-reactive ketones (excluding diaryl/α,β-unsaturated/α-hetero) is 1. The molecule has 0 heterocycles. The number of aliphatic carboxylic acids is 1. The zero-order valence-electron chi connectivity index (χ0n) is 8.61. The minimum absolute atomic E-state index is 0.0245. The molecule has 0 aliphatic rings. The molecule has 3 nitrogen and oxygen atoms in total. The van der Waals surface area contributed by atoms with Gasteiger partial charge in [0.15, 0.2) is 5.78 Å². The first-order valence-electron chi connectivity index (χ1n) is 4.47. The largest absolute Gasteiger partial charge is 0.481 e. The second-order valence-corrected chi connectivity index (χ2v) is 4.26. The van der Waals surface area contributed by atoms with Crippen molar-refractivity contribution in [1.29, 1.82) is 0 Å². The second-order valence-electron chi connectivity index (χ2n) is 3.24. The van der Waals surface area contributed by atoms with Gasteiger partial charge in [-0.3, -0.25) is 9.59 Å². The van der Waals surface area contributed by atoms with Crippen LogP contribution in [0.4, 0.5) is 0 Å². The Labute approximate surface area is 92.5 Å². The van der Waals surface area contributed by atoms with Crippen molar-refractivity contribution in [2.45, 2.75) is 18.7 Å². The summed E-state index contributed by atoms with van der Waals surface area (Å²) < 4.78 is 0. The van der Waals surface area contributed by atoms with E-state index >= 15 is 0 Å². The van der Waals surface area contributed by atoms with E-state index in [0.29, 0.717) is 5.56 Å². The number of hydrogen-bond acceptors (Lipinski definition) is 3. The number of ketones is 1. The number of hydrogen-bond donors (Lipinski definition) is 1. The van der Waals surface area contributed by atoms with Crippen molar-refractivity contribution >= 4 is 23.5 Å². The lowest BCUT2D eigenvalue weighted by molar-refractivity contribution is -0.133. The monoisotopic (exact) mass is 224 g/mol. The Hall–Kier alpha value is -1.29. The van der Waals surface area contributed by atoms with E-state index in [2.05, 4.69) is 0 Å². The molecule has 4 heteroatoms. The number of carboxylic acids is 1. The summed E-state index contributed by atoms with van der Waals surface area (Å²) in [6, 6.07) is 5.45. The van der Waals surface area contributed by atoms with Crippen molar-refractivity contribution < 1.29 is 14.7 Å². The number of rotatable bonds is 4. The standard InChI is InChI=1S/C11H12O3S/c1-7-3-4-10(15-6-11(13)14)9(5-7)8(2)12/h3-5H,6H2,1-2H3,(H,13,14). The van der Waals surface area contributed by atoms with Gasteiger partial charge in [0.25, 0.3) is 0 Å². The lowest BCUT2D eigenvalue weighted by Gasteiger charge is -2.06. The first-order valence-corrected chi connectivity index (χ1v) is 5.45. The van der Waals surface area contributed by atoms with Crippen molar-refractivity contribution in [3.63, 3.8) is 0 Å². The average molecular weight is 224 g/mol. The number of carbonyl (C=O) groups excluding carboxylic acids is 1. The molecule has 0 aliphatic heterocycles. The molecular weight excluding hydrogens is 212 g/mol. The quantitative estimate of drug-likeness (QED) is 0.630. The number of carboxylic acid groups (broad SMARTS) is 1. The lowest BCUT2D eigenvalue weighted by Crippen LogP contribution is -2.01. The van der Waals surface area contributed by atoms with E-state index in [-0.39, 0.29) is 11.5 Å². The summed E-state index contributed by atoms with van der Waals surface area (Å²) in [5, 5.41) is 8.55. The lowest BCUT2D eigenvalue weighted by atomic mass is 10.1. The van der Waals surface area contributed by atoms with E-state index in [1.807, 2.05) is 13.0 Å². The highest BCUT2D eigenvalue weighted by Crippen LogP contribution is 2.24. The van der Waals surface area contributed by atoms with Crippen LogP contribution in [0.1, 0.15) is 22.8 Å². The van der Waals surface area contributed by atoms with Crippen molar-refractivity contribution in [3.8, 4) is 0 Å². The highest BCUT2D eigenvalue weighted by atomic mass is 32.2. The van der Waals surface area contributed by atoms with Crippen molar-refractivity contribution in [2.75, 3.05) is 5.75 Å². The Kier molecular flexibility index (Phi) is 3.91. The van der Waals surface area contributed by atoms with Crippen molar-refractivity contribution in [1.82, 2.24) is 0 Å². The summed E-state index contributed by atoms with van der Waals surface area (Å²) in [7, 11) is 0. The Balaban J connectivity index is 2.95. The van der Waals surface area contributed by atoms with E-state index in [1.54, 1.807) is 12.1 Å². The van der Waals surface area contributed by atoms with Gasteiger partial charge >= 0.3 is 5.97 Å². The molecule has 0 fully saturated rings. The highest BCUT2D eigenvalue weighted by Gasteiger charge is 2.09. The Morgan fingerprint density at radius 3 is 2.60 bits per heavy atom. The van der Waals surface area contributed by atoms with Gasteiger partial charge in [0.2, 0.25) is 0 Å². The minimum atomic E-state index is -0.880. The second kappa shape index (κ2) is 4.98. The molecule has 1 N–H and O–H groups in total. The molecule has 1 rings (SSSR count). The fourth-order valence-electron chi connectivity index (χ4n) is 1.18. The molecule has 0 amide bonds. The Morgan fingerprint density at radius 1 is 1.40 bits per heavy atom. The summed E-state index contributed by atoms with van der Waals surface area (Å²) in [4.78, 5) is 22.4. The third-order valence-electron chi connectivity index (χ3n) is 1.87. The maximum absolute atomic E-state index is 11.3. The van der Waals surface area contributed by atoms with Crippen LogP contribution in [0.25, 0.3) is 0 Å². The third-order valence-corrected chi connectivity index (χ3v) is 2.92. The molecule has 1 aromatic carbocycles. The van der Waals surface area contributed by atoms with Crippen LogP contribution >= 0.6 is 11.8 Å². The van der Waals surface area contributed by atoms with E-state index < -0.39 is 5.97 Å². The van der Waals surface area contributed by atoms with E-state index in [4.69, 9.17) is 5.11 Å². The van der Waals surface area contributed by atoms with Crippen LogP contribution in [0.15, 0.2) is 23.1 Å². The zero-order chi connectivity index (χ0) is 11.4. The van der Waals surface area contributed by atoms with E-state index in [0.717, 1.165) is 10.5 Å². The predicted molar refractivity (Wildman–Crippen MR) is 59.5 cm³/mol. The molecule has 0 bridgehead atoms. The summed E-state index contributed by atoms with van der Waals surface area (Å²) in [5.74, 6) is -0.940. The molecule has 0 aliphatic carbocycles. The van der Waals surface area contributed by atoms with Gasteiger partial charge in [-0.2, -0.15) is 0 Å². The molecule has 0 spiro atoms. The average Bonchev–Trinajstić information content (AvgIpc) is 2.15. The summed E-state index contributed by atoms with van der Waals surface area (Å²) in [6.45, 7) is 3.39. The van der Waals surface area contributed by atoms with Crippen LogP contribution in [0, 0.1) is 6.92 Å². The number of carbonyl (C=O) groups is 2. The summed E-state index contributed by atoms with van der Waals surface area (Å²) >= 11 is 1.17. The van der Waals surface area contributed by atoms with Crippen LogP contribution < -0.4 is 0 Å². The topological polar surface area (TPSA) is 54.4 Å². The first kappa shape index (κ1) is 11.8. The van der Waals surface area contributed by atoms with Crippen molar-refractivity contribution in [2.24, 2.45) is 0 Å². The van der Waals surface area contributed by atoms with Crippen LogP contribution in [0.2, 0.25) is 0 Å². The van der Waals surface area contributed by atoms with Crippen LogP contribution in [-0.4, -0.2) is 22.6 Å². The van der Waals surface area contributed by atoms with Gasteiger partial charge in [0.1, 0.15) is 0 Å². The number of benzene rings is 1. The normalized spacial score (nSPS) is 10.0. The SMILES string of the molecule is CC(=O)c1cc(C)ccc1SCC(=O)O. The molecule has 0 saturated carbocycles. The number of aryl methyl sites for hydroxylation is 1. The highest BCUT2D eigenvalue weighted by molar-refractivity contribution is 8.00. The van der Waals surface area contributed by atoms with Crippen LogP contribution in [0.3, 0.4) is 0 Å². The maximum Gasteiger partial charge on any atom is 0.313 e. The third kappa shape index (κ3) is 3.40. The molecule has 80 valence electrons. The Morgan fingerprint density at radius 2 is 2.07 bits per heavy atom. The molecule has 1 aromatic rings. The van der Waals surface area contributed by atoms with Gasteiger partial charge in [0, 0.05) is 10.5 Å². The molecule has 0 saturated heterocycles. The summed E-state index contributed by atoms with van der Waals surface area (Å²) in [5.41, 5.74) is 1.60. The molecule has 0 radical (unpaired) electrons. The fourth-order valence-corrected chi connectivity index (χ4v) is 1.99. The minimum Gasteiger partial charge on any atom is -0.481 e. The van der Waals surface area contributed by atoms with Crippen LogP contribution in [0.5, 0.6) is 0 Å². The summed E-state index contributed by atoms with van der Waals surface area (Å²) in [6.07, 6.45) is 0. The van der Waals surface area contributed by atoms with Crippen molar-refractivity contribution in [3.05, 3.63) is 29.3 Å². The van der Waals surface area contributed by atoms with E-state index in [1.165, 1.54) is 18.7 Å². The smallest absolute Gasteiger partial charge is 0.313 e. The Bertz CT molecular complexity index is 399. The fraction of sp³-hybridized carbons (Fsp3) is 0.273. The van der Waals surface area contributed by atoms with Gasteiger partial charge in [-0.25, -0.2) is 0 Å². The van der Waals surface area contributed by atoms with Gasteiger partial charge in [-0.15, -0.1) is 11.8 Å². The van der Waals surface area contributed by atoms with Gasteiger partial charge < -0.3 is 5.11 Å². The predicted octanol–water partition coefficient (Wildman–Crippen LogP) is 2.37.